The van der Waals surface area contributed by atoms with Gasteiger partial charge in [0, 0.05) is 12.0 Å². The summed E-state index contributed by atoms with van der Waals surface area (Å²) >= 11 is 0. The summed E-state index contributed by atoms with van der Waals surface area (Å²) < 4.78 is 19.3. The van der Waals surface area contributed by atoms with E-state index in [-0.39, 0.29) is 16.9 Å². The van der Waals surface area contributed by atoms with E-state index in [0.29, 0.717) is 5.76 Å². The number of nitrogen functional groups attached to an aromatic ring is 1. The molecule has 2 aromatic rings. The van der Waals surface area contributed by atoms with Crippen LogP contribution in [0.4, 0.5) is 15.8 Å². The number of benzene rings is 1. The highest BCUT2D eigenvalue weighted by molar-refractivity contribution is 5.91. The average molecular weight is 307 g/mol. The van der Waals surface area contributed by atoms with Crippen LogP contribution in [0.25, 0.3) is 11.0 Å². The van der Waals surface area contributed by atoms with Crippen molar-refractivity contribution in [3.63, 3.8) is 0 Å². The Labute approximate surface area is 124 Å². The molecule has 8 heteroatoms. The number of piperidine rings is 1. The summed E-state index contributed by atoms with van der Waals surface area (Å²) in [7, 11) is 0. The smallest absolute Gasteiger partial charge is 0.337 e. The molecule has 0 amide bonds. The molecule has 0 bridgehead atoms. The molecular formula is C14H14FN3O4. The molecule has 1 aromatic heterocycles. The van der Waals surface area contributed by atoms with Crippen LogP contribution >= 0.6 is 0 Å². The zero-order valence-electron chi connectivity index (χ0n) is 11.6. The first-order chi connectivity index (χ1) is 10.5. The highest BCUT2D eigenvalue weighted by atomic mass is 19.1. The monoisotopic (exact) mass is 307 g/mol. The van der Waals surface area contributed by atoms with Crippen molar-refractivity contribution in [1.29, 1.82) is 0 Å². The van der Waals surface area contributed by atoms with Crippen molar-refractivity contribution in [2.45, 2.75) is 18.8 Å². The van der Waals surface area contributed by atoms with Crippen LogP contribution in [-0.2, 0) is 0 Å². The SMILES string of the molecule is Nc1c(F)cc2c(=O)cc(C3CCNCC3)oc2c1[N+](=O)[O-]. The number of hydrogen-bond acceptors (Lipinski definition) is 6. The predicted molar refractivity (Wildman–Crippen MR) is 78.4 cm³/mol. The first-order valence-electron chi connectivity index (χ1n) is 6.90. The van der Waals surface area contributed by atoms with Gasteiger partial charge in [-0.25, -0.2) is 4.39 Å². The van der Waals surface area contributed by atoms with E-state index in [4.69, 9.17) is 10.2 Å². The maximum absolute atomic E-state index is 13.7. The molecule has 116 valence electrons. The third-order valence-electron chi connectivity index (χ3n) is 3.93. The molecule has 0 radical (unpaired) electrons. The van der Waals surface area contributed by atoms with E-state index in [1.807, 2.05) is 0 Å². The lowest BCUT2D eigenvalue weighted by Gasteiger charge is -2.21. The third kappa shape index (κ3) is 2.31. The molecule has 1 saturated heterocycles. The van der Waals surface area contributed by atoms with Crippen molar-refractivity contribution < 1.29 is 13.7 Å². The number of nitro groups is 1. The van der Waals surface area contributed by atoms with Gasteiger partial charge in [0.15, 0.2) is 16.9 Å². The Morgan fingerprint density at radius 3 is 2.68 bits per heavy atom. The Balaban J connectivity index is 2.27. The molecule has 22 heavy (non-hydrogen) atoms. The van der Waals surface area contributed by atoms with Crippen LogP contribution in [0.2, 0.25) is 0 Å². The molecule has 1 aliphatic rings. The number of nitro benzene ring substituents is 1. The summed E-state index contributed by atoms with van der Waals surface area (Å²) in [6.45, 7) is 1.56. The van der Waals surface area contributed by atoms with Crippen molar-refractivity contribution in [2.24, 2.45) is 0 Å². The molecule has 3 N–H and O–H groups in total. The number of rotatable bonds is 2. The lowest BCUT2D eigenvalue weighted by atomic mass is 9.95. The quantitative estimate of drug-likeness (QED) is 0.498. The molecule has 7 nitrogen and oxygen atoms in total. The number of anilines is 1. The largest absolute Gasteiger partial charge is 0.453 e. The van der Waals surface area contributed by atoms with Gasteiger partial charge < -0.3 is 15.5 Å². The fourth-order valence-corrected chi connectivity index (χ4v) is 2.76. The first-order valence-corrected chi connectivity index (χ1v) is 6.90. The van der Waals surface area contributed by atoms with E-state index >= 15 is 0 Å². The number of nitrogens with two attached hydrogens (primary N) is 1. The highest BCUT2D eigenvalue weighted by Gasteiger charge is 2.27. The minimum atomic E-state index is -0.999. The summed E-state index contributed by atoms with van der Waals surface area (Å²) in [6, 6.07) is 2.17. The van der Waals surface area contributed by atoms with E-state index in [0.717, 1.165) is 32.0 Å². The normalized spacial score (nSPS) is 16.0. The van der Waals surface area contributed by atoms with Gasteiger partial charge in [-0.2, -0.15) is 0 Å². The fourth-order valence-electron chi connectivity index (χ4n) is 2.76. The minimum Gasteiger partial charge on any atom is -0.453 e. The van der Waals surface area contributed by atoms with Gasteiger partial charge in [-0.15, -0.1) is 0 Å². The van der Waals surface area contributed by atoms with Crippen molar-refractivity contribution in [2.75, 3.05) is 18.8 Å². The molecule has 1 fully saturated rings. The number of hydrogen-bond donors (Lipinski definition) is 2. The zero-order chi connectivity index (χ0) is 15.9. The second kappa shape index (κ2) is 5.38. The van der Waals surface area contributed by atoms with Crippen LogP contribution in [0.5, 0.6) is 0 Å². The van der Waals surface area contributed by atoms with Gasteiger partial charge in [0.05, 0.1) is 10.3 Å². The molecule has 1 aliphatic heterocycles. The van der Waals surface area contributed by atoms with Gasteiger partial charge in [-0.1, -0.05) is 0 Å². The summed E-state index contributed by atoms with van der Waals surface area (Å²) in [5, 5.41) is 14.2. The highest BCUT2D eigenvalue weighted by Crippen LogP contribution is 2.35. The Bertz CT molecular complexity index is 812. The standard InChI is InChI=1S/C14H14FN3O4/c15-9-5-8-10(19)6-11(7-1-3-17-4-2-7)22-14(8)13(12(9)16)18(20)21/h5-7,17H,1-4,16H2. The van der Waals surface area contributed by atoms with Crippen molar-refractivity contribution in [3.8, 4) is 0 Å². The van der Waals surface area contributed by atoms with Crippen LogP contribution in [0, 0.1) is 15.9 Å². The molecule has 3 rings (SSSR count). The summed E-state index contributed by atoms with van der Waals surface area (Å²) in [6.07, 6.45) is 1.53. The first kappa shape index (κ1) is 14.5. The van der Waals surface area contributed by atoms with E-state index in [1.54, 1.807) is 0 Å². The third-order valence-corrected chi connectivity index (χ3v) is 3.93. The minimum absolute atomic E-state index is 0.00392. The molecule has 1 aromatic carbocycles. The number of halogens is 1. The van der Waals surface area contributed by atoms with Crippen LogP contribution < -0.4 is 16.5 Å². The molecule has 2 heterocycles. The molecule has 0 spiro atoms. The molecular weight excluding hydrogens is 293 g/mol. The molecule has 0 unspecified atom stereocenters. The van der Waals surface area contributed by atoms with Gasteiger partial charge in [-0.05, 0) is 32.0 Å². The topological polar surface area (TPSA) is 111 Å². The second-order valence-corrected chi connectivity index (χ2v) is 5.29. The van der Waals surface area contributed by atoms with Crippen LogP contribution in [0.1, 0.15) is 24.5 Å². The maximum Gasteiger partial charge on any atom is 0.337 e. The Hall–Kier alpha value is -2.48. The second-order valence-electron chi connectivity index (χ2n) is 5.29. The maximum atomic E-state index is 13.7. The van der Waals surface area contributed by atoms with Crippen molar-refractivity contribution >= 4 is 22.3 Å². The zero-order valence-corrected chi connectivity index (χ0v) is 11.6. The van der Waals surface area contributed by atoms with Crippen LogP contribution in [-0.4, -0.2) is 18.0 Å². The summed E-state index contributed by atoms with van der Waals surface area (Å²) in [5.74, 6) is -0.613. The van der Waals surface area contributed by atoms with Crippen molar-refractivity contribution in [1.82, 2.24) is 5.32 Å². The van der Waals surface area contributed by atoms with Gasteiger partial charge in [0.1, 0.15) is 5.76 Å². The summed E-state index contributed by atoms with van der Waals surface area (Å²) in [4.78, 5) is 22.5. The average Bonchev–Trinajstić information content (AvgIpc) is 2.49. The number of nitrogens with one attached hydrogen (secondary N) is 1. The lowest BCUT2D eigenvalue weighted by molar-refractivity contribution is -0.382. The van der Waals surface area contributed by atoms with E-state index in [9.17, 15) is 19.3 Å². The molecule has 0 atom stereocenters. The molecule has 0 aliphatic carbocycles. The van der Waals surface area contributed by atoms with E-state index < -0.39 is 27.5 Å². The lowest BCUT2D eigenvalue weighted by Crippen LogP contribution is -2.27. The Kier molecular flexibility index (Phi) is 3.53. The fraction of sp³-hybridized carbons (Fsp3) is 0.357. The van der Waals surface area contributed by atoms with Gasteiger partial charge >= 0.3 is 5.69 Å². The van der Waals surface area contributed by atoms with E-state index in [1.165, 1.54) is 6.07 Å². The van der Waals surface area contributed by atoms with Crippen LogP contribution in [0.15, 0.2) is 21.3 Å². The van der Waals surface area contributed by atoms with Gasteiger partial charge in [0.2, 0.25) is 5.58 Å². The van der Waals surface area contributed by atoms with E-state index in [2.05, 4.69) is 5.32 Å². The van der Waals surface area contributed by atoms with Crippen molar-refractivity contribution in [3.05, 3.63) is 44.0 Å². The number of fused-ring (bicyclic) bond motifs is 1. The van der Waals surface area contributed by atoms with Crippen LogP contribution in [0.3, 0.4) is 0 Å². The summed E-state index contributed by atoms with van der Waals surface area (Å²) in [5.41, 5.74) is 3.36. The van der Waals surface area contributed by atoms with Gasteiger partial charge in [0.25, 0.3) is 0 Å². The predicted octanol–water partition coefficient (Wildman–Crippen LogP) is 1.89. The number of nitrogens with zero attached hydrogens (tertiary/aromatic N) is 1. The van der Waals surface area contributed by atoms with Gasteiger partial charge in [-0.3, -0.25) is 14.9 Å². The molecule has 0 saturated carbocycles. The Morgan fingerprint density at radius 1 is 1.36 bits per heavy atom. The Morgan fingerprint density at radius 2 is 2.05 bits per heavy atom.